The van der Waals surface area contributed by atoms with Gasteiger partial charge in [-0.3, -0.25) is 4.79 Å². The molecule has 24 atom stereocenters. The van der Waals surface area contributed by atoms with Crippen molar-refractivity contribution in [3.63, 3.8) is 0 Å². The maximum atomic E-state index is 11.9. The smallest absolute Gasteiger partial charge is 0.302 e. The topological polar surface area (TPSA) is 153 Å². The Morgan fingerprint density at radius 3 is 1.26 bits per heavy atom. The van der Waals surface area contributed by atoms with Crippen molar-refractivity contribution in [1.82, 2.24) is 0 Å². The van der Waals surface area contributed by atoms with E-state index >= 15 is 0 Å². The zero-order chi connectivity index (χ0) is 55.0. The Labute approximate surface area is 447 Å². The minimum absolute atomic E-state index is 0.00469. The molecule has 12 fully saturated rings. The van der Waals surface area contributed by atoms with E-state index in [0.29, 0.717) is 72.4 Å². The van der Waals surface area contributed by atoms with Gasteiger partial charge in [0.2, 0.25) is 0 Å². The predicted molar refractivity (Wildman–Crippen MR) is 289 cm³/mol. The number of rotatable bonds is 7. The van der Waals surface area contributed by atoms with Crippen LogP contribution in [0, 0.1) is 113 Å². The van der Waals surface area contributed by atoms with Crippen LogP contribution in [0.2, 0.25) is 0 Å². The van der Waals surface area contributed by atoms with Crippen LogP contribution in [0.25, 0.3) is 0 Å². The molecule has 0 aromatic rings. The minimum Gasteiger partial charge on any atom is -0.465 e. The Hall–Kier alpha value is -0.810. The zero-order valence-corrected chi connectivity index (χ0v) is 48.7. The third-order valence-electron chi connectivity index (χ3n) is 29.1. The lowest BCUT2D eigenvalue weighted by molar-refractivity contribution is -0.257. The van der Waals surface area contributed by atoms with Gasteiger partial charge in [-0.2, -0.15) is 0 Å². The van der Waals surface area contributed by atoms with Gasteiger partial charge >= 0.3 is 5.97 Å². The van der Waals surface area contributed by atoms with Gasteiger partial charge in [-0.1, -0.05) is 70.2 Å². The highest BCUT2D eigenvalue weighted by molar-refractivity contribution is 5.66. The highest BCUT2D eigenvalue weighted by Crippen LogP contribution is 2.80. The number of fused-ring (bicyclic) bond motifs is 14. The first kappa shape index (κ1) is 54.2. The van der Waals surface area contributed by atoms with Crippen LogP contribution in [-0.2, 0) is 19.0 Å². The molecule has 2 saturated heterocycles. The van der Waals surface area contributed by atoms with Crippen LogP contribution in [0.15, 0.2) is 0 Å². The van der Waals surface area contributed by atoms with E-state index in [2.05, 4.69) is 69.2 Å². The van der Waals surface area contributed by atoms with Gasteiger partial charge in [0.05, 0.1) is 56.4 Å². The molecule has 10 unspecified atom stereocenters. The standard InChI is InChI=1S/C32H52O5.C30H50O4.2CH4/c1-20(34)36-19-32-14-9-22(31(6)18-37-31)26(32)21-7-8-24-27(2)12-11-25(35)28(3,17-33)23(27)10-13-30(24,5)29(21,4)15-16-32;1-25-11-10-23(33)26(2,16-31)21(25)9-12-28(4)22(25)7-6-19-24-20(29(5)18-34-29)8-13-30(24,17-32)15-14-27(19,28)3;;/h21-26,33,35H,7-19H2,1-6H3;19-24,31-33H,6-18H2,1-5H3;2*1H4/t21?,22-,23?,24?,25+,26?,27+,28+,29-,30-,31?,32-;19?,20-,21?,22?,23+,24?,25+,26+,27-,28-,29?,30-;;/m11../s1/i;;2*1D. The number of hydrogen-bond acceptors (Lipinski definition) is 9. The first-order chi connectivity index (χ1) is 35.2. The summed E-state index contributed by atoms with van der Waals surface area (Å²) in [5.41, 5.74) is 0.878. The van der Waals surface area contributed by atoms with Gasteiger partial charge in [0.15, 0.2) is 0 Å². The molecule has 73 heavy (non-hydrogen) atoms. The van der Waals surface area contributed by atoms with Crippen molar-refractivity contribution in [2.75, 3.05) is 39.6 Å². The summed E-state index contributed by atoms with van der Waals surface area (Å²) in [6.07, 6.45) is 22.2. The highest BCUT2D eigenvalue weighted by Gasteiger charge is 2.75. The predicted octanol–water partition coefficient (Wildman–Crippen LogP) is 12.2. The molecule has 9 heteroatoms. The summed E-state index contributed by atoms with van der Waals surface area (Å²) in [4.78, 5) is 11.9. The Kier molecular flexibility index (Phi) is 13.4. The number of esters is 1. The lowest BCUT2D eigenvalue weighted by Crippen LogP contribution is -2.67. The van der Waals surface area contributed by atoms with E-state index in [1.54, 1.807) is 6.92 Å². The quantitative estimate of drug-likeness (QED) is 0.124. The number of carbonyl (C=O) groups is 1. The second-order valence-corrected chi connectivity index (χ2v) is 31.0. The molecule has 0 aromatic heterocycles. The Morgan fingerprint density at radius 2 is 0.877 bits per heavy atom. The summed E-state index contributed by atoms with van der Waals surface area (Å²) in [7, 11) is 2.50. The van der Waals surface area contributed by atoms with E-state index < -0.39 is 11.5 Å². The van der Waals surface area contributed by atoms with Gasteiger partial charge in [-0.15, -0.1) is 0 Å². The summed E-state index contributed by atoms with van der Waals surface area (Å²) >= 11 is 0. The van der Waals surface area contributed by atoms with Crippen LogP contribution in [0.3, 0.4) is 0 Å². The Balaban J connectivity index is 0.000000173. The molecule has 0 bridgehead atoms. The molecule has 2 heterocycles. The third-order valence-corrected chi connectivity index (χ3v) is 29.1. The van der Waals surface area contributed by atoms with E-state index in [-0.39, 0.29) is 85.2 Å². The number of hydrogen-bond donors (Lipinski definition) is 5. The molecular formula is C64H110O9. The highest BCUT2D eigenvalue weighted by atomic mass is 16.6. The van der Waals surface area contributed by atoms with Crippen LogP contribution < -0.4 is 0 Å². The first-order valence-electron chi connectivity index (χ1n) is 31.8. The van der Waals surface area contributed by atoms with Gasteiger partial charge in [-0.25, -0.2) is 0 Å². The molecule has 0 amide bonds. The normalized spacial score (nSPS) is 59.1. The second kappa shape index (κ2) is 18.1. The molecule has 0 aromatic carbocycles. The number of carbonyl (C=O) groups excluding carboxylic acids is 1. The van der Waals surface area contributed by atoms with E-state index in [9.17, 15) is 30.3 Å². The minimum atomic E-state index is -0.401. The molecule has 2 aliphatic heterocycles. The number of epoxide rings is 2. The van der Waals surface area contributed by atoms with Crippen molar-refractivity contribution in [3.8, 4) is 0 Å². The molecule has 0 spiro atoms. The van der Waals surface area contributed by atoms with Gasteiger partial charge in [0.1, 0.15) is 0 Å². The fourth-order valence-electron chi connectivity index (χ4n) is 24.3. The van der Waals surface area contributed by atoms with E-state index in [4.69, 9.17) is 17.0 Å². The molecule has 9 nitrogen and oxygen atoms in total. The van der Waals surface area contributed by atoms with E-state index in [0.717, 1.165) is 64.6 Å². The molecule has 12 rings (SSSR count). The van der Waals surface area contributed by atoms with Crippen LogP contribution in [0.4, 0.5) is 0 Å². The molecule has 5 N–H and O–H groups in total. The zero-order valence-electron chi connectivity index (χ0n) is 50.7. The van der Waals surface area contributed by atoms with Crippen molar-refractivity contribution in [2.45, 2.75) is 243 Å². The summed E-state index contributed by atoms with van der Waals surface area (Å²) < 4.78 is 29.5. The Bertz CT molecular complexity index is 2080. The maximum Gasteiger partial charge on any atom is 0.302 e. The number of ether oxygens (including phenoxy) is 3. The number of aliphatic hydroxyl groups is 5. The second-order valence-electron chi connectivity index (χ2n) is 31.0. The van der Waals surface area contributed by atoms with Crippen molar-refractivity contribution in [3.05, 3.63) is 0 Å². The largest absolute Gasteiger partial charge is 0.465 e. The average Bonchev–Trinajstić information content (AvgIpc) is 4.24. The van der Waals surface area contributed by atoms with Gasteiger partial charge in [0, 0.05) is 32.5 Å². The van der Waals surface area contributed by atoms with Crippen molar-refractivity contribution < 1.29 is 47.3 Å². The van der Waals surface area contributed by atoms with Gasteiger partial charge in [-0.05, 0) is 239 Å². The molecular weight excluding hydrogens is 913 g/mol. The molecule has 10 saturated carbocycles. The molecule has 10 aliphatic carbocycles. The van der Waals surface area contributed by atoms with Crippen molar-refractivity contribution in [2.24, 2.45) is 113 Å². The first-order valence-corrected chi connectivity index (χ1v) is 29.8. The SMILES string of the molecule is CC(=O)OC[C@]12CC[C@@H](C3(C)CO3)C1C1CCC3[C@@]4(C)CC[C@H](O)[C@@](C)(CO)C4CC[C@@]3(C)[C@]1(C)CC2.CC1([C@@H]2CC[C@]3(CO)CC[C@]4(C)C(CCC5[C@@]6(C)CC[C@H](O)[C@@](C)(CO)C6CC[C@]54C)C23)CO1.[2H]C.[2H]C. The Morgan fingerprint density at radius 1 is 0.479 bits per heavy atom. The van der Waals surface area contributed by atoms with Gasteiger partial charge < -0.3 is 39.7 Å². The summed E-state index contributed by atoms with van der Waals surface area (Å²) in [6, 6.07) is 0. The van der Waals surface area contributed by atoms with Crippen LogP contribution in [0.5, 0.6) is 0 Å². The molecule has 12 aliphatic rings. The maximum absolute atomic E-state index is 11.9. The summed E-state index contributed by atoms with van der Waals surface area (Å²) in [5, 5.41) is 53.6. The van der Waals surface area contributed by atoms with Crippen LogP contribution in [-0.4, -0.2) is 94.6 Å². The monoisotopic (exact) mass is 1020 g/mol. The summed E-state index contributed by atoms with van der Waals surface area (Å²) in [6.45, 7) is 29.0. The van der Waals surface area contributed by atoms with Gasteiger partial charge in [0.25, 0.3) is 0 Å². The van der Waals surface area contributed by atoms with Crippen molar-refractivity contribution in [1.29, 1.82) is 0 Å². The fraction of sp³-hybridized carbons (Fsp3) is 0.984. The fourth-order valence-corrected chi connectivity index (χ4v) is 24.3. The lowest BCUT2D eigenvalue weighted by atomic mass is 9.32. The van der Waals surface area contributed by atoms with E-state index in [1.807, 2.05) is 0 Å². The third kappa shape index (κ3) is 7.43. The lowest BCUT2D eigenvalue weighted by Gasteiger charge is -2.73. The summed E-state index contributed by atoms with van der Waals surface area (Å²) in [5.74, 6) is 5.47. The molecule has 0 radical (unpaired) electrons. The van der Waals surface area contributed by atoms with Crippen LogP contribution in [0.1, 0.15) is 222 Å². The van der Waals surface area contributed by atoms with E-state index in [1.165, 1.54) is 91.9 Å². The molecule has 420 valence electrons. The number of aliphatic hydroxyl groups excluding tert-OH is 5. The van der Waals surface area contributed by atoms with Crippen LogP contribution >= 0.6 is 0 Å². The van der Waals surface area contributed by atoms with Crippen molar-refractivity contribution >= 4 is 5.97 Å². The average molecular weight is 1030 g/mol.